The van der Waals surface area contributed by atoms with Gasteiger partial charge in [0, 0.05) is 45.0 Å². The predicted molar refractivity (Wildman–Crippen MR) is 140 cm³/mol. The molecule has 0 radical (unpaired) electrons. The summed E-state index contributed by atoms with van der Waals surface area (Å²) in [6.45, 7) is 6.71. The number of hydrogen-bond acceptors (Lipinski definition) is 4. The van der Waals surface area contributed by atoms with Gasteiger partial charge in [-0.2, -0.15) is 13.2 Å². The van der Waals surface area contributed by atoms with Gasteiger partial charge in [0.05, 0.1) is 17.5 Å². The predicted octanol–water partition coefficient (Wildman–Crippen LogP) is 4.21. The van der Waals surface area contributed by atoms with Crippen LogP contribution >= 0.6 is 0 Å². The molecular formula is C29H37F3N4O. The minimum absolute atomic E-state index is 0.0417. The zero-order valence-electron chi connectivity index (χ0n) is 21.3. The van der Waals surface area contributed by atoms with Crippen LogP contribution < -0.4 is 10.2 Å². The molecule has 0 spiro atoms. The number of carbonyl (C=O) groups is 1. The fourth-order valence-corrected chi connectivity index (χ4v) is 6.15. The normalized spacial score (nSPS) is 22.8. The number of likely N-dealkylation sites (tertiary alicyclic amines) is 1. The number of piperazine rings is 1. The Morgan fingerprint density at radius 2 is 1.70 bits per heavy atom. The Kier molecular flexibility index (Phi) is 8.05. The van der Waals surface area contributed by atoms with E-state index in [9.17, 15) is 18.0 Å². The molecule has 3 heterocycles. The summed E-state index contributed by atoms with van der Waals surface area (Å²) in [6.07, 6.45) is 0.542. The molecule has 0 unspecified atom stereocenters. The van der Waals surface area contributed by atoms with E-state index in [0.717, 1.165) is 51.4 Å². The zero-order chi connectivity index (χ0) is 25.8. The van der Waals surface area contributed by atoms with Gasteiger partial charge in [-0.1, -0.05) is 36.8 Å². The fourth-order valence-electron chi connectivity index (χ4n) is 6.15. The van der Waals surface area contributed by atoms with Gasteiger partial charge in [-0.3, -0.25) is 9.69 Å². The lowest BCUT2D eigenvalue weighted by molar-refractivity contribution is -0.137. The van der Waals surface area contributed by atoms with Crippen molar-refractivity contribution in [2.24, 2.45) is 5.92 Å². The van der Waals surface area contributed by atoms with Crippen molar-refractivity contribution in [1.82, 2.24) is 15.1 Å². The average Bonchev–Trinajstić information content (AvgIpc) is 2.91. The number of fused-ring (bicyclic) bond motifs is 3. The number of hydrogen-bond donors (Lipinski definition) is 1. The average molecular weight is 515 g/mol. The molecule has 2 fully saturated rings. The molecular weight excluding hydrogens is 477 g/mol. The SMILES string of the molecule is O=C(NCCN1CCCCC1)[C@@H]1Cc2cc(C(F)(F)F)ccc2N2CCN(CCc3ccccc3)C[C@H]12. The molecule has 5 nitrogen and oxygen atoms in total. The van der Waals surface area contributed by atoms with E-state index in [1.165, 1.54) is 37.0 Å². The maximum absolute atomic E-state index is 13.5. The number of alkyl halides is 3. The van der Waals surface area contributed by atoms with Crippen LogP contribution in [-0.4, -0.2) is 74.1 Å². The standard InChI is InChI=1S/C29H37F3N4O/c30-29(31,32)24-9-10-26-23(19-24)20-25(28(37)33-12-16-34-13-5-2-6-14-34)27-21-35(17-18-36(26)27)15-11-22-7-3-1-4-8-22/h1,3-4,7-10,19,25,27H,2,5-6,11-18,20-21H2,(H,33,37)/t25-,27-/m1/s1. The molecule has 1 N–H and O–H groups in total. The highest BCUT2D eigenvalue weighted by Crippen LogP contribution is 2.39. The van der Waals surface area contributed by atoms with Crippen LogP contribution in [0, 0.1) is 5.92 Å². The number of nitrogens with one attached hydrogen (secondary N) is 1. The summed E-state index contributed by atoms with van der Waals surface area (Å²) >= 11 is 0. The first-order valence-corrected chi connectivity index (χ1v) is 13.6. The number of halogens is 3. The molecule has 0 aliphatic carbocycles. The van der Waals surface area contributed by atoms with Gasteiger partial charge in [-0.05, 0) is 68.1 Å². The number of rotatable bonds is 7. The van der Waals surface area contributed by atoms with Crippen LogP contribution in [0.1, 0.15) is 36.0 Å². The Bertz CT molecular complexity index is 1050. The molecule has 2 aromatic rings. The van der Waals surface area contributed by atoms with Crippen LogP contribution in [0.4, 0.5) is 18.9 Å². The largest absolute Gasteiger partial charge is 0.416 e. The number of nitrogens with zero attached hydrogens (tertiary/aromatic N) is 3. The minimum Gasteiger partial charge on any atom is -0.365 e. The Morgan fingerprint density at radius 3 is 2.46 bits per heavy atom. The minimum atomic E-state index is -4.39. The molecule has 200 valence electrons. The first-order chi connectivity index (χ1) is 17.9. The summed E-state index contributed by atoms with van der Waals surface area (Å²) in [5.41, 5.74) is 2.11. The first kappa shape index (κ1) is 26.0. The summed E-state index contributed by atoms with van der Waals surface area (Å²) in [5, 5.41) is 3.13. The highest BCUT2D eigenvalue weighted by atomic mass is 19.4. The number of anilines is 1. The molecule has 5 rings (SSSR count). The molecule has 3 aliphatic rings. The summed E-state index contributed by atoms with van der Waals surface area (Å²) < 4.78 is 40.4. The van der Waals surface area contributed by atoms with Gasteiger partial charge in [0.1, 0.15) is 0 Å². The third-order valence-electron chi connectivity index (χ3n) is 8.20. The molecule has 1 amide bonds. The van der Waals surface area contributed by atoms with Gasteiger partial charge in [0.2, 0.25) is 5.91 Å². The van der Waals surface area contributed by atoms with E-state index in [2.05, 4.69) is 32.1 Å². The zero-order valence-corrected chi connectivity index (χ0v) is 21.3. The van der Waals surface area contributed by atoms with Crippen molar-refractivity contribution < 1.29 is 18.0 Å². The lowest BCUT2D eigenvalue weighted by Crippen LogP contribution is -2.61. The summed E-state index contributed by atoms with van der Waals surface area (Å²) in [5.74, 6) is -0.420. The van der Waals surface area contributed by atoms with Crippen molar-refractivity contribution in [2.75, 3.05) is 57.3 Å². The van der Waals surface area contributed by atoms with Crippen molar-refractivity contribution in [3.8, 4) is 0 Å². The maximum Gasteiger partial charge on any atom is 0.416 e. The van der Waals surface area contributed by atoms with Gasteiger partial charge in [0.15, 0.2) is 0 Å². The third kappa shape index (κ3) is 6.29. The maximum atomic E-state index is 13.5. The van der Waals surface area contributed by atoms with Crippen molar-refractivity contribution in [1.29, 1.82) is 0 Å². The van der Waals surface area contributed by atoms with Crippen molar-refractivity contribution in [2.45, 2.75) is 44.3 Å². The van der Waals surface area contributed by atoms with Gasteiger partial charge in [0.25, 0.3) is 0 Å². The van der Waals surface area contributed by atoms with Gasteiger partial charge < -0.3 is 15.1 Å². The van der Waals surface area contributed by atoms with E-state index in [1.54, 1.807) is 6.07 Å². The Balaban J connectivity index is 1.30. The quantitative estimate of drug-likeness (QED) is 0.601. The summed E-state index contributed by atoms with van der Waals surface area (Å²) in [4.78, 5) is 20.4. The van der Waals surface area contributed by atoms with E-state index in [4.69, 9.17) is 0 Å². The van der Waals surface area contributed by atoms with E-state index in [0.29, 0.717) is 25.1 Å². The number of piperidine rings is 1. The van der Waals surface area contributed by atoms with E-state index >= 15 is 0 Å². The molecule has 3 aliphatic heterocycles. The number of amides is 1. The molecule has 2 saturated heterocycles. The van der Waals surface area contributed by atoms with Crippen molar-refractivity contribution >= 4 is 11.6 Å². The van der Waals surface area contributed by atoms with Crippen molar-refractivity contribution in [3.05, 3.63) is 65.2 Å². The molecule has 8 heteroatoms. The highest BCUT2D eigenvalue weighted by Gasteiger charge is 2.42. The summed E-state index contributed by atoms with van der Waals surface area (Å²) in [6, 6.07) is 14.3. The van der Waals surface area contributed by atoms with E-state index < -0.39 is 11.7 Å². The second-order valence-corrected chi connectivity index (χ2v) is 10.6. The van der Waals surface area contributed by atoms with Crippen molar-refractivity contribution in [3.63, 3.8) is 0 Å². The smallest absolute Gasteiger partial charge is 0.365 e. The molecule has 37 heavy (non-hydrogen) atoms. The topological polar surface area (TPSA) is 38.8 Å². The highest BCUT2D eigenvalue weighted by molar-refractivity contribution is 5.82. The lowest BCUT2D eigenvalue weighted by Gasteiger charge is -2.49. The second kappa shape index (κ2) is 11.4. The van der Waals surface area contributed by atoms with E-state index in [-0.39, 0.29) is 17.9 Å². The molecule has 0 bridgehead atoms. The third-order valence-corrected chi connectivity index (χ3v) is 8.20. The Hall–Kier alpha value is -2.58. The van der Waals surface area contributed by atoms with Crippen LogP contribution in [0.25, 0.3) is 0 Å². The van der Waals surface area contributed by atoms with Gasteiger partial charge in [-0.25, -0.2) is 0 Å². The van der Waals surface area contributed by atoms with Crippen LogP contribution in [0.15, 0.2) is 48.5 Å². The van der Waals surface area contributed by atoms with Gasteiger partial charge >= 0.3 is 6.18 Å². The molecule has 2 aromatic carbocycles. The van der Waals surface area contributed by atoms with Crippen LogP contribution in [-0.2, 0) is 23.8 Å². The van der Waals surface area contributed by atoms with Crippen LogP contribution in [0.2, 0.25) is 0 Å². The van der Waals surface area contributed by atoms with Crippen LogP contribution in [0.3, 0.4) is 0 Å². The fraction of sp³-hybridized carbons (Fsp3) is 0.552. The molecule has 2 atom stereocenters. The summed E-state index contributed by atoms with van der Waals surface area (Å²) in [7, 11) is 0. The molecule has 0 saturated carbocycles. The number of carbonyl (C=O) groups excluding carboxylic acids is 1. The number of benzene rings is 2. The Labute approximate surface area is 217 Å². The first-order valence-electron chi connectivity index (χ1n) is 13.6. The monoisotopic (exact) mass is 514 g/mol. The van der Waals surface area contributed by atoms with Crippen LogP contribution in [0.5, 0.6) is 0 Å². The second-order valence-electron chi connectivity index (χ2n) is 10.6. The van der Waals surface area contributed by atoms with E-state index in [1.807, 2.05) is 18.2 Å². The Morgan fingerprint density at radius 1 is 0.919 bits per heavy atom. The van der Waals surface area contributed by atoms with Gasteiger partial charge in [-0.15, -0.1) is 0 Å². The lowest BCUT2D eigenvalue weighted by atomic mass is 9.82. The molecule has 0 aromatic heterocycles.